The third kappa shape index (κ3) is 3.88. The van der Waals surface area contributed by atoms with Crippen molar-refractivity contribution < 1.29 is 4.79 Å². The van der Waals surface area contributed by atoms with Gasteiger partial charge in [-0.2, -0.15) is 5.10 Å². The molecule has 0 aliphatic carbocycles. The van der Waals surface area contributed by atoms with Crippen LogP contribution in [-0.2, 0) is 11.3 Å². The molecule has 0 radical (unpaired) electrons. The van der Waals surface area contributed by atoms with E-state index in [0.29, 0.717) is 5.82 Å². The summed E-state index contributed by atoms with van der Waals surface area (Å²) in [6.07, 6.45) is 1.90. The van der Waals surface area contributed by atoms with E-state index in [1.165, 1.54) is 11.3 Å². The average Bonchev–Trinajstić information content (AvgIpc) is 2.85. The molecule has 0 spiro atoms. The van der Waals surface area contributed by atoms with Gasteiger partial charge >= 0.3 is 0 Å². The number of anilines is 2. The molecular formula is C18H25N5O. The van der Waals surface area contributed by atoms with Gasteiger partial charge in [0.25, 0.3) is 0 Å². The largest absolute Gasteiger partial charge is 0.384 e. The first-order valence-corrected chi connectivity index (χ1v) is 8.42. The number of rotatable bonds is 4. The zero-order chi connectivity index (χ0) is 17.1. The number of carbonyl (C=O) groups is 1. The summed E-state index contributed by atoms with van der Waals surface area (Å²) in [6, 6.07) is 10.6. The zero-order valence-electron chi connectivity index (χ0n) is 14.3. The quantitative estimate of drug-likeness (QED) is 0.899. The highest BCUT2D eigenvalue weighted by Crippen LogP contribution is 2.21. The van der Waals surface area contributed by atoms with Gasteiger partial charge in [0.15, 0.2) is 0 Å². The summed E-state index contributed by atoms with van der Waals surface area (Å²) in [6.45, 7) is 6.07. The molecule has 1 fully saturated rings. The van der Waals surface area contributed by atoms with E-state index in [0.717, 1.165) is 31.6 Å². The van der Waals surface area contributed by atoms with Crippen LogP contribution in [0.25, 0.3) is 0 Å². The number of carbonyl (C=O) groups excluding carboxylic acids is 1. The van der Waals surface area contributed by atoms with Crippen molar-refractivity contribution in [1.29, 1.82) is 0 Å². The van der Waals surface area contributed by atoms with Crippen molar-refractivity contribution in [1.82, 2.24) is 15.1 Å². The first-order valence-electron chi connectivity index (χ1n) is 8.42. The summed E-state index contributed by atoms with van der Waals surface area (Å²) >= 11 is 0. The summed E-state index contributed by atoms with van der Waals surface area (Å²) in [4.78, 5) is 14.6. The van der Waals surface area contributed by atoms with Crippen LogP contribution < -0.4 is 16.0 Å². The van der Waals surface area contributed by atoms with Gasteiger partial charge in [-0.1, -0.05) is 12.1 Å². The number of nitrogens with one attached hydrogen (secondary N) is 1. The summed E-state index contributed by atoms with van der Waals surface area (Å²) in [5.74, 6) is 0.496. The Balaban J connectivity index is 1.50. The van der Waals surface area contributed by atoms with E-state index in [-0.39, 0.29) is 18.5 Å². The van der Waals surface area contributed by atoms with Crippen LogP contribution in [0.1, 0.15) is 24.1 Å². The molecule has 1 aromatic heterocycles. The lowest BCUT2D eigenvalue weighted by atomic mass is 10.0. The topological polar surface area (TPSA) is 76.2 Å². The van der Waals surface area contributed by atoms with Gasteiger partial charge in [-0.15, -0.1) is 0 Å². The number of hydrogen-bond donors (Lipinski definition) is 2. The molecule has 3 N–H and O–H groups in total. The van der Waals surface area contributed by atoms with Crippen LogP contribution in [0.4, 0.5) is 11.5 Å². The number of amides is 1. The molecule has 128 valence electrons. The molecule has 6 nitrogen and oxygen atoms in total. The number of aryl methyl sites for hydroxylation is 2. The fourth-order valence-electron chi connectivity index (χ4n) is 3.21. The number of aromatic nitrogens is 2. The van der Waals surface area contributed by atoms with Crippen molar-refractivity contribution in [2.75, 3.05) is 23.7 Å². The van der Waals surface area contributed by atoms with Crippen LogP contribution in [0.15, 0.2) is 30.3 Å². The lowest BCUT2D eigenvalue weighted by molar-refractivity contribution is -0.122. The van der Waals surface area contributed by atoms with E-state index in [1.54, 1.807) is 10.7 Å². The fraction of sp³-hybridized carbons (Fsp3) is 0.444. The summed E-state index contributed by atoms with van der Waals surface area (Å²) in [7, 11) is 0. The minimum atomic E-state index is -0.0289. The van der Waals surface area contributed by atoms with Gasteiger partial charge in [0.1, 0.15) is 12.4 Å². The van der Waals surface area contributed by atoms with Gasteiger partial charge in [-0.25, -0.2) is 4.68 Å². The number of piperidine rings is 1. The number of hydrogen-bond acceptors (Lipinski definition) is 4. The van der Waals surface area contributed by atoms with Crippen LogP contribution in [-0.4, -0.2) is 34.8 Å². The van der Waals surface area contributed by atoms with E-state index in [9.17, 15) is 4.79 Å². The predicted octanol–water partition coefficient (Wildman–Crippen LogP) is 1.87. The van der Waals surface area contributed by atoms with Crippen molar-refractivity contribution in [3.63, 3.8) is 0 Å². The van der Waals surface area contributed by atoms with Crippen LogP contribution in [0.2, 0.25) is 0 Å². The molecule has 3 rings (SSSR count). The van der Waals surface area contributed by atoms with E-state index in [4.69, 9.17) is 5.73 Å². The Morgan fingerprint density at radius 3 is 2.67 bits per heavy atom. The van der Waals surface area contributed by atoms with E-state index < -0.39 is 0 Å². The standard InChI is InChI=1S/C18H25N5O/c1-13-4-3-5-16(10-13)22-8-6-15(7-9-22)20-18(24)12-23-17(19)11-14(2)21-23/h3-5,10-11,15H,6-9,12,19H2,1-2H3,(H,20,24). The highest BCUT2D eigenvalue weighted by Gasteiger charge is 2.21. The number of nitrogens with zero attached hydrogens (tertiary/aromatic N) is 3. The van der Waals surface area contributed by atoms with Gasteiger partial charge in [0, 0.05) is 30.9 Å². The number of benzene rings is 1. The first kappa shape index (κ1) is 16.4. The predicted molar refractivity (Wildman–Crippen MR) is 95.9 cm³/mol. The van der Waals surface area contributed by atoms with Gasteiger partial charge < -0.3 is 16.0 Å². The van der Waals surface area contributed by atoms with Crippen molar-refractivity contribution >= 4 is 17.4 Å². The zero-order valence-corrected chi connectivity index (χ0v) is 14.3. The van der Waals surface area contributed by atoms with Crippen LogP contribution in [0, 0.1) is 13.8 Å². The van der Waals surface area contributed by atoms with E-state index in [1.807, 2.05) is 6.92 Å². The molecule has 2 aromatic rings. The molecule has 6 heteroatoms. The molecule has 1 aromatic carbocycles. The molecule has 0 atom stereocenters. The van der Waals surface area contributed by atoms with Crippen molar-refractivity contribution in [2.24, 2.45) is 0 Å². The highest BCUT2D eigenvalue weighted by molar-refractivity contribution is 5.76. The van der Waals surface area contributed by atoms with Gasteiger partial charge in [-0.05, 0) is 44.4 Å². The van der Waals surface area contributed by atoms with Gasteiger partial charge in [0.05, 0.1) is 5.69 Å². The third-order valence-electron chi connectivity index (χ3n) is 4.45. The van der Waals surface area contributed by atoms with Crippen LogP contribution in [0.3, 0.4) is 0 Å². The van der Waals surface area contributed by atoms with Crippen molar-refractivity contribution in [3.8, 4) is 0 Å². The van der Waals surface area contributed by atoms with Crippen molar-refractivity contribution in [2.45, 2.75) is 39.3 Å². The molecular weight excluding hydrogens is 302 g/mol. The van der Waals surface area contributed by atoms with Gasteiger partial charge in [-0.3, -0.25) is 4.79 Å². The molecule has 1 aliphatic heterocycles. The SMILES string of the molecule is Cc1cccc(N2CCC(NC(=O)Cn3nc(C)cc3N)CC2)c1. The van der Waals surface area contributed by atoms with Crippen molar-refractivity contribution in [3.05, 3.63) is 41.6 Å². The molecule has 0 unspecified atom stereocenters. The Kier molecular flexibility index (Phi) is 4.74. The molecule has 1 aliphatic rings. The molecule has 0 saturated carbocycles. The molecule has 1 saturated heterocycles. The molecule has 2 heterocycles. The molecule has 24 heavy (non-hydrogen) atoms. The van der Waals surface area contributed by atoms with E-state index >= 15 is 0 Å². The monoisotopic (exact) mass is 327 g/mol. The summed E-state index contributed by atoms with van der Waals surface area (Å²) in [5, 5.41) is 7.33. The van der Waals surface area contributed by atoms with Crippen LogP contribution in [0.5, 0.6) is 0 Å². The average molecular weight is 327 g/mol. The normalized spacial score (nSPS) is 15.5. The molecule has 0 bridgehead atoms. The third-order valence-corrected chi connectivity index (χ3v) is 4.45. The maximum atomic E-state index is 12.2. The lowest BCUT2D eigenvalue weighted by Crippen LogP contribution is -2.45. The summed E-state index contributed by atoms with van der Waals surface area (Å²) < 4.78 is 1.55. The molecule has 1 amide bonds. The minimum Gasteiger partial charge on any atom is -0.384 e. The second-order valence-corrected chi connectivity index (χ2v) is 6.54. The Bertz CT molecular complexity index is 716. The summed E-state index contributed by atoms with van der Waals surface area (Å²) in [5.41, 5.74) is 9.19. The van der Waals surface area contributed by atoms with Gasteiger partial charge in [0.2, 0.25) is 5.91 Å². The lowest BCUT2D eigenvalue weighted by Gasteiger charge is -2.34. The Labute approximate surface area is 142 Å². The minimum absolute atomic E-state index is 0.0289. The first-order chi connectivity index (χ1) is 11.5. The number of nitrogen functional groups attached to an aromatic ring is 1. The van der Waals surface area contributed by atoms with Crippen LogP contribution >= 0.6 is 0 Å². The smallest absolute Gasteiger partial charge is 0.242 e. The number of nitrogens with two attached hydrogens (primary N) is 1. The maximum absolute atomic E-state index is 12.2. The van der Waals surface area contributed by atoms with E-state index in [2.05, 4.69) is 46.5 Å². The highest BCUT2D eigenvalue weighted by atomic mass is 16.2. The second kappa shape index (κ2) is 6.95. The Morgan fingerprint density at radius 1 is 1.29 bits per heavy atom. The Hall–Kier alpha value is -2.50. The fourth-order valence-corrected chi connectivity index (χ4v) is 3.21. The maximum Gasteiger partial charge on any atom is 0.242 e. The Morgan fingerprint density at radius 2 is 2.04 bits per heavy atom. The second-order valence-electron chi connectivity index (χ2n) is 6.54.